The van der Waals surface area contributed by atoms with Gasteiger partial charge >= 0.3 is 0 Å². The number of benzene rings is 1. The average molecular weight is 296 g/mol. The summed E-state index contributed by atoms with van der Waals surface area (Å²) in [5.74, 6) is 0.931. The number of fused-ring (bicyclic) bond motifs is 3. The molecule has 1 aliphatic heterocycles. The Morgan fingerprint density at radius 3 is 2.77 bits per heavy atom. The highest BCUT2D eigenvalue weighted by Gasteiger charge is 2.19. The Balaban J connectivity index is 2.01. The summed E-state index contributed by atoms with van der Waals surface area (Å²) in [7, 11) is 0. The number of aromatic nitrogens is 4. The number of hydrogen-bond acceptors (Lipinski definition) is 5. The van der Waals surface area contributed by atoms with Gasteiger partial charge in [0.15, 0.2) is 5.65 Å². The monoisotopic (exact) mass is 296 g/mol. The molecule has 1 aliphatic rings. The van der Waals surface area contributed by atoms with E-state index in [2.05, 4.69) is 15.1 Å². The predicted molar refractivity (Wildman–Crippen MR) is 87.0 cm³/mol. The van der Waals surface area contributed by atoms with E-state index in [1.54, 1.807) is 6.33 Å². The molecule has 2 N–H and O–H groups in total. The molecule has 4 rings (SSSR count). The summed E-state index contributed by atoms with van der Waals surface area (Å²) in [6.45, 7) is 4.06. The van der Waals surface area contributed by atoms with E-state index in [9.17, 15) is 0 Å². The standard InChI is InChI=1S/C16H20N6/c1-11(17)12-6-5-7-13-14(12)19-16(21-8-3-2-4-9-21)22-10-18-20-15(13)22/h5-7,10-11H,2-4,8-9,17H2,1H3/t11-/m1/s1. The molecule has 1 fully saturated rings. The molecule has 0 saturated carbocycles. The summed E-state index contributed by atoms with van der Waals surface area (Å²) in [6, 6.07) is 6.04. The number of piperidine rings is 1. The van der Waals surface area contributed by atoms with Crippen molar-refractivity contribution in [2.45, 2.75) is 32.2 Å². The maximum absolute atomic E-state index is 6.13. The zero-order chi connectivity index (χ0) is 15.1. The lowest BCUT2D eigenvalue weighted by atomic mass is 10.1. The van der Waals surface area contributed by atoms with E-state index in [-0.39, 0.29) is 6.04 Å². The van der Waals surface area contributed by atoms with Gasteiger partial charge in [0.2, 0.25) is 5.95 Å². The van der Waals surface area contributed by atoms with Crippen molar-refractivity contribution >= 4 is 22.5 Å². The third-order valence-electron chi connectivity index (χ3n) is 4.41. The van der Waals surface area contributed by atoms with Crippen LogP contribution in [0.2, 0.25) is 0 Å². The fourth-order valence-corrected chi connectivity index (χ4v) is 3.27. The van der Waals surface area contributed by atoms with Crippen LogP contribution in [-0.4, -0.2) is 32.7 Å². The van der Waals surface area contributed by atoms with Crippen molar-refractivity contribution < 1.29 is 0 Å². The Hall–Kier alpha value is -2.21. The zero-order valence-corrected chi connectivity index (χ0v) is 12.7. The summed E-state index contributed by atoms with van der Waals surface area (Å²) < 4.78 is 2.00. The van der Waals surface area contributed by atoms with Gasteiger partial charge in [0.1, 0.15) is 6.33 Å². The average Bonchev–Trinajstić information content (AvgIpc) is 3.04. The van der Waals surface area contributed by atoms with E-state index in [1.807, 2.05) is 29.5 Å². The van der Waals surface area contributed by atoms with E-state index in [0.29, 0.717) is 0 Å². The van der Waals surface area contributed by atoms with Crippen molar-refractivity contribution in [1.82, 2.24) is 19.6 Å². The maximum atomic E-state index is 6.13. The van der Waals surface area contributed by atoms with E-state index in [4.69, 9.17) is 10.7 Å². The lowest BCUT2D eigenvalue weighted by molar-refractivity contribution is 0.566. The second-order valence-corrected chi connectivity index (χ2v) is 6.02. The molecule has 1 aromatic carbocycles. The lowest BCUT2D eigenvalue weighted by Gasteiger charge is -2.28. The third kappa shape index (κ3) is 2.02. The molecule has 114 valence electrons. The lowest BCUT2D eigenvalue weighted by Crippen LogP contribution is -2.32. The Labute approximate surface area is 129 Å². The summed E-state index contributed by atoms with van der Waals surface area (Å²) in [5, 5.41) is 9.41. The van der Waals surface area contributed by atoms with Gasteiger partial charge in [-0.15, -0.1) is 10.2 Å². The Kier molecular flexibility index (Phi) is 3.18. The minimum absolute atomic E-state index is 0.0595. The molecule has 2 aromatic heterocycles. The smallest absolute Gasteiger partial charge is 0.213 e. The van der Waals surface area contributed by atoms with Crippen molar-refractivity contribution in [3.8, 4) is 0 Å². The molecule has 0 radical (unpaired) electrons. The van der Waals surface area contributed by atoms with Crippen LogP contribution < -0.4 is 10.6 Å². The van der Waals surface area contributed by atoms with Crippen LogP contribution in [0.1, 0.15) is 37.8 Å². The number of nitrogens with zero attached hydrogens (tertiary/aromatic N) is 5. The van der Waals surface area contributed by atoms with Crippen molar-refractivity contribution in [1.29, 1.82) is 0 Å². The van der Waals surface area contributed by atoms with Crippen molar-refractivity contribution in [2.75, 3.05) is 18.0 Å². The van der Waals surface area contributed by atoms with E-state index < -0.39 is 0 Å². The molecule has 6 heteroatoms. The quantitative estimate of drug-likeness (QED) is 0.785. The number of nitrogens with two attached hydrogens (primary N) is 1. The van der Waals surface area contributed by atoms with Gasteiger partial charge < -0.3 is 10.6 Å². The first kappa shape index (κ1) is 13.5. The van der Waals surface area contributed by atoms with Crippen LogP contribution in [-0.2, 0) is 0 Å². The highest BCUT2D eigenvalue weighted by Crippen LogP contribution is 2.28. The molecule has 0 unspecified atom stereocenters. The van der Waals surface area contributed by atoms with Crippen molar-refractivity contribution in [2.24, 2.45) is 5.73 Å². The van der Waals surface area contributed by atoms with E-state index >= 15 is 0 Å². The molecule has 0 spiro atoms. The molecule has 22 heavy (non-hydrogen) atoms. The normalized spacial score (nSPS) is 17.3. The number of para-hydroxylation sites is 1. The SMILES string of the molecule is C[C@@H](N)c1cccc2c1nc(N1CCCCC1)n1cnnc21. The minimum Gasteiger partial charge on any atom is -0.342 e. The third-order valence-corrected chi connectivity index (χ3v) is 4.41. The van der Waals surface area contributed by atoms with Crippen LogP contribution in [0.4, 0.5) is 5.95 Å². The van der Waals surface area contributed by atoms with Crippen LogP contribution in [0.25, 0.3) is 16.6 Å². The van der Waals surface area contributed by atoms with Crippen molar-refractivity contribution in [3.63, 3.8) is 0 Å². The molecule has 1 atom stereocenters. The van der Waals surface area contributed by atoms with E-state index in [0.717, 1.165) is 41.2 Å². The topological polar surface area (TPSA) is 72.3 Å². The van der Waals surface area contributed by atoms with Crippen LogP contribution in [0.15, 0.2) is 24.5 Å². The zero-order valence-electron chi connectivity index (χ0n) is 12.7. The molecule has 1 saturated heterocycles. The molecule has 0 amide bonds. The molecular weight excluding hydrogens is 276 g/mol. The molecule has 3 heterocycles. The predicted octanol–water partition coefficient (Wildman–Crippen LogP) is 2.29. The van der Waals surface area contributed by atoms with Crippen molar-refractivity contribution in [3.05, 3.63) is 30.1 Å². The minimum atomic E-state index is -0.0595. The van der Waals surface area contributed by atoms with Crippen LogP contribution >= 0.6 is 0 Å². The summed E-state index contributed by atoms with van der Waals surface area (Å²) in [6.07, 6.45) is 5.46. The van der Waals surface area contributed by atoms with Gasteiger partial charge in [0.05, 0.1) is 5.52 Å². The largest absolute Gasteiger partial charge is 0.342 e. The summed E-state index contributed by atoms with van der Waals surface area (Å²) >= 11 is 0. The molecule has 0 bridgehead atoms. The van der Waals surface area contributed by atoms with Gasteiger partial charge in [-0.3, -0.25) is 4.40 Å². The highest BCUT2D eigenvalue weighted by molar-refractivity contribution is 5.94. The first-order chi connectivity index (χ1) is 10.8. The van der Waals surface area contributed by atoms with Gasteiger partial charge in [-0.2, -0.15) is 0 Å². The summed E-state index contributed by atoms with van der Waals surface area (Å²) in [4.78, 5) is 7.28. The van der Waals surface area contributed by atoms with Crippen LogP contribution in [0, 0.1) is 0 Å². The first-order valence-electron chi connectivity index (χ1n) is 7.88. The van der Waals surface area contributed by atoms with Crippen LogP contribution in [0.3, 0.4) is 0 Å². The fourth-order valence-electron chi connectivity index (χ4n) is 3.27. The van der Waals surface area contributed by atoms with E-state index in [1.165, 1.54) is 19.3 Å². The second kappa shape index (κ2) is 5.21. The fraction of sp³-hybridized carbons (Fsp3) is 0.438. The summed E-state index contributed by atoms with van der Waals surface area (Å²) in [5.41, 5.74) is 8.99. The second-order valence-electron chi connectivity index (χ2n) is 6.02. The highest BCUT2D eigenvalue weighted by atomic mass is 15.3. The number of hydrogen-bond donors (Lipinski definition) is 1. The van der Waals surface area contributed by atoms with Gasteiger partial charge in [-0.05, 0) is 37.8 Å². The molecule has 6 nitrogen and oxygen atoms in total. The number of rotatable bonds is 2. The Morgan fingerprint density at radius 2 is 2.00 bits per heavy atom. The van der Waals surface area contributed by atoms with Gasteiger partial charge in [-0.25, -0.2) is 4.98 Å². The Morgan fingerprint density at radius 1 is 1.18 bits per heavy atom. The van der Waals surface area contributed by atoms with Gasteiger partial charge in [-0.1, -0.05) is 12.1 Å². The molecule has 0 aliphatic carbocycles. The van der Waals surface area contributed by atoms with Crippen LogP contribution in [0.5, 0.6) is 0 Å². The maximum Gasteiger partial charge on any atom is 0.213 e. The number of anilines is 1. The molecular formula is C16H20N6. The first-order valence-corrected chi connectivity index (χ1v) is 7.88. The Bertz CT molecular complexity index is 816. The van der Waals surface area contributed by atoms with Gasteiger partial charge in [0, 0.05) is 24.5 Å². The van der Waals surface area contributed by atoms with Gasteiger partial charge in [0.25, 0.3) is 0 Å². The molecule has 3 aromatic rings.